The highest BCUT2D eigenvalue weighted by Gasteiger charge is 2.17. The van der Waals surface area contributed by atoms with E-state index in [0.717, 1.165) is 22.3 Å². The molecule has 29 heavy (non-hydrogen) atoms. The monoisotopic (exact) mass is 406 g/mol. The molecule has 0 N–H and O–H groups in total. The minimum absolute atomic E-state index is 0.0799. The van der Waals surface area contributed by atoms with E-state index in [2.05, 4.69) is 28.4 Å². The molecule has 1 saturated carbocycles. The molecular weight excluding hydrogens is 380 g/mol. The van der Waals surface area contributed by atoms with Crippen molar-refractivity contribution in [3.05, 3.63) is 64.7 Å². The van der Waals surface area contributed by atoms with Gasteiger partial charge >= 0.3 is 0 Å². The fraction of sp³-hybridized carbons (Fsp3) is 0.375. The van der Waals surface area contributed by atoms with E-state index in [4.69, 9.17) is 4.42 Å². The number of aryl methyl sites for hydroxylation is 2. The molecule has 0 saturated heterocycles. The number of rotatable bonds is 6. The highest BCUT2D eigenvalue weighted by molar-refractivity contribution is 7.99. The highest BCUT2D eigenvalue weighted by atomic mass is 32.2. The Morgan fingerprint density at radius 3 is 2.38 bits per heavy atom. The van der Waals surface area contributed by atoms with E-state index in [1.807, 2.05) is 38.1 Å². The van der Waals surface area contributed by atoms with Crippen molar-refractivity contribution in [2.45, 2.75) is 57.1 Å². The third-order valence-corrected chi connectivity index (χ3v) is 6.33. The first-order valence-corrected chi connectivity index (χ1v) is 11.3. The fourth-order valence-corrected chi connectivity index (χ4v) is 4.73. The number of benzene rings is 2. The summed E-state index contributed by atoms with van der Waals surface area (Å²) in [5.74, 6) is 1.52. The number of carbonyl (C=O) groups excluding carboxylic acids is 1. The van der Waals surface area contributed by atoms with Crippen molar-refractivity contribution in [2.75, 3.05) is 5.75 Å². The number of nitrogens with zero attached hydrogens (tertiary/aromatic N) is 2. The molecule has 1 aliphatic rings. The van der Waals surface area contributed by atoms with Crippen LogP contribution in [0.3, 0.4) is 0 Å². The molecule has 150 valence electrons. The average molecular weight is 407 g/mol. The molecule has 0 spiro atoms. The quantitative estimate of drug-likeness (QED) is 0.351. The third-order valence-electron chi connectivity index (χ3n) is 5.51. The molecule has 0 radical (unpaired) electrons. The van der Waals surface area contributed by atoms with Crippen LogP contribution in [0, 0.1) is 13.8 Å². The van der Waals surface area contributed by atoms with Crippen LogP contribution in [0.25, 0.3) is 11.5 Å². The summed E-state index contributed by atoms with van der Waals surface area (Å²) in [4.78, 5) is 12.6. The minimum atomic E-state index is 0.0799. The minimum Gasteiger partial charge on any atom is -0.411 e. The molecule has 1 fully saturated rings. The lowest BCUT2D eigenvalue weighted by Crippen LogP contribution is -2.06. The zero-order valence-electron chi connectivity index (χ0n) is 17.0. The molecule has 1 aromatic heterocycles. The van der Waals surface area contributed by atoms with Crippen LogP contribution >= 0.6 is 11.8 Å². The summed E-state index contributed by atoms with van der Waals surface area (Å²) in [6.07, 6.45) is 6.52. The van der Waals surface area contributed by atoms with Gasteiger partial charge in [-0.25, -0.2) is 0 Å². The molecule has 4 nitrogen and oxygen atoms in total. The maximum absolute atomic E-state index is 12.6. The Kier molecular flexibility index (Phi) is 6.14. The van der Waals surface area contributed by atoms with Crippen LogP contribution in [0.15, 0.2) is 52.1 Å². The van der Waals surface area contributed by atoms with Gasteiger partial charge in [-0.3, -0.25) is 4.79 Å². The smallest absolute Gasteiger partial charge is 0.277 e. The summed E-state index contributed by atoms with van der Waals surface area (Å²) in [6.45, 7) is 4.08. The lowest BCUT2D eigenvalue weighted by Gasteiger charge is -2.22. The summed E-state index contributed by atoms with van der Waals surface area (Å²) in [5, 5.41) is 8.64. The van der Waals surface area contributed by atoms with Crippen molar-refractivity contribution < 1.29 is 9.21 Å². The molecule has 3 aromatic rings. The number of thioether (sulfide) groups is 1. The zero-order valence-corrected chi connectivity index (χ0v) is 17.8. The predicted octanol–water partition coefficient (Wildman–Crippen LogP) is 6.38. The SMILES string of the molecule is Cc1cc(C)cc(-c2nnc(SCC(=O)c3ccc(C4CCCCC4)cc3)o2)c1. The van der Waals surface area contributed by atoms with Crippen molar-refractivity contribution in [2.24, 2.45) is 0 Å². The second kappa shape index (κ2) is 8.95. The number of carbonyl (C=O) groups is 1. The van der Waals surface area contributed by atoms with E-state index in [-0.39, 0.29) is 11.5 Å². The van der Waals surface area contributed by atoms with Gasteiger partial charge in [0.05, 0.1) is 5.75 Å². The molecule has 0 atom stereocenters. The van der Waals surface area contributed by atoms with Crippen LogP contribution in [0.5, 0.6) is 0 Å². The standard InChI is InChI=1S/C24H26N2O2S/c1-16-12-17(2)14-21(13-16)23-25-26-24(28-23)29-15-22(27)20-10-8-19(9-11-20)18-6-4-3-5-7-18/h8-14,18H,3-7,15H2,1-2H3. The van der Waals surface area contributed by atoms with Gasteiger partial charge in [-0.15, -0.1) is 10.2 Å². The molecule has 1 heterocycles. The van der Waals surface area contributed by atoms with E-state index in [0.29, 0.717) is 17.0 Å². The summed E-state index contributed by atoms with van der Waals surface area (Å²) < 4.78 is 5.75. The van der Waals surface area contributed by atoms with Crippen molar-refractivity contribution in [3.63, 3.8) is 0 Å². The van der Waals surface area contributed by atoms with Gasteiger partial charge in [-0.1, -0.05) is 72.5 Å². The van der Waals surface area contributed by atoms with Crippen LogP contribution in [0.4, 0.5) is 0 Å². The Bertz CT molecular complexity index is 968. The summed E-state index contributed by atoms with van der Waals surface area (Å²) >= 11 is 1.29. The van der Waals surface area contributed by atoms with Crippen molar-refractivity contribution in [1.82, 2.24) is 10.2 Å². The van der Waals surface area contributed by atoms with E-state index in [1.54, 1.807) is 0 Å². The third kappa shape index (κ3) is 4.96. The van der Waals surface area contributed by atoms with E-state index < -0.39 is 0 Å². The van der Waals surface area contributed by atoms with Gasteiger partial charge in [0.1, 0.15) is 0 Å². The first-order valence-electron chi connectivity index (χ1n) is 10.3. The van der Waals surface area contributed by atoms with E-state index in [9.17, 15) is 4.79 Å². The van der Waals surface area contributed by atoms with Crippen molar-refractivity contribution in [1.29, 1.82) is 0 Å². The maximum Gasteiger partial charge on any atom is 0.277 e. The summed E-state index contributed by atoms with van der Waals surface area (Å²) in [7, 11) is 0. The Morgan fingerprint density at radius 1 is 1.00 bits per heavy atom. The van der Waals surface area contributed by atoms with Crippen LogP contribution in [-0.4, -0.2) is 21.7 Å². The van der Waals surface area contributed by atoms with E-state index >= 15 is 0 Å². The molecular formula is C24H26N2O2S. The maximum atomic E-state index is 12.6. The van der Waals surface area contributed by atoms with Crippen molar-refractivity contribution in [3.8, 4) is 11.5 Å². The van der Waals surface area contributed by atoms with Crippen LogP contribution < -0.4 is 0 Å². The molecule has 4 rings (SSSR count). The van der Waals surface area contributed by atoms with Gasteiger partial charge < -0.3 is 4.42 Å². The van der Waals surface area contributed by atoms with Crippen LogP contribution in [0.2, 0.25) is 0 Å². The van der Waals surface area contributed by atoms with E-state index in [1.165, 1.54) is 49.4 Å². The molecule has 1 aliphatic carbocycles. The molecule has 0 bridgehead atoms. The number of Topliss-reactive ketones (excluding diaryl/α,β-unsaturated/α-hetero) is 1. The number of hydrogen-bond donors (Lipinski definition) is 0. The molecule has 0 unspecified atom stereocenters. The predicted molar refractivity (Wildman–Crippen MR) is 117 cm³/mol. The van der Waals surface area contributed by atoms with Gasteiger partial charge in [-0.2, -0.15) is 0 Å². The number of ketones is 1. The molecule has 0 aliphatic heterocycles. The Balaban J connectivity index is 1.36. The average Bonchev–Trinajstić information content (AvgIpc) is 3.21. The van der Waals surface area contributed by atoms with Gasteiger partial charge in [0.2, 0.25) is 5.89 Å². The number of aromatic nitrogens is 2. The first-order chi connectivity index (χ1) is 14.1. The molecule has 2 aromatic carbocycles. The lowest BCUT2D eigenvalue weighted by atomic mass is 9.84. The molecule has 0 amide bonds. The Labute approximate surface area is 176 Å². The van der Waals surface area contributed by atoms with Gasteiger partial charge in [0, 0.05) is 11.1 Å². The Morgan fingerprint density at radius 2 is 1.69 bits per heavy atom. The molecule has 5 heteroatoms. The first kappa shape index (κ1) is 19.9. The van der Waals surface area contributed by atoms with Gasteiger partial charge in [0.25, 0.3) is 5.22 Å². The van der Waals surface area contributed by atoms with Crippen LogP contribution in [0.1, 0.15) is 65.1 Å². The fourth-order valence-electron chi connectivity index (χ4n) is 4.07. The second-order valence-corrected chi connectivity index (χ2v) is 8.84. The van der Waals surface area contributed by atoms with Crippen molar-refractivity contribution >= 4 is 17.5 Å². The van der Waals surface area contributed by atoms with Gasteiger partial charge in [-0.05, 0) is 50.3 Å². The number of hydrogen-bond acceptors (Lipinski definition) is 5. The zero-order chi connectivity index (χ0) is 20.2. The highest BCUT2D eigenvalue weighted by Crippen LogP contribution is 2.32. The summed E-state index contributed by atoms with van der Waals surface area (Å²) in [5.41, 5.74) is 5.32. The van der Waals surface area contributed by atoms with Gasteiger partial charge in [0.15, 0.2) is 5.78 Å². The summed E-state index contributed by atoms with van der Waals surface area (Å²) in [6, 6.07) is 14.3. The topological polar surface area (TPSA) is 56.0 Å². The Hall–Kier alpha value is -2.40. The second-order valence-electron chi connectivity index (χ2n) is 7.92. The lowest BCUT2D eigenvalue weighted by molar-refractivity contribution is 0.102. The normalized spacial score (nSPS) is 14.8. The van der Waals surface area contributed by atoms with Crippen LogP contribution in [-0.2, 0) is 0 Å². The largest absolute Gasteiger partial charge is 0.411 e.